The van der Waals surface area contributed by atoms with E-state index in [0.717, 1.165) is 0 Å². The highest BCUT2D eigenvalue weighted by Crippen LogP contribution is 2.34. The molecule has 0 spiro atoms. The Balaban J connectivity index is 1.70. The second kappa shape index (κ2) is 8.60. The Morgan fingerprint density at radius 3 is 2.94 bits per heavy atom. The molecule has 1 aliphatic rings. The van der Waals surface area contributed by atoms with Crippen LogP contribution in [-0.2, 0) is 6.54 Å². The highest BCUT2D eigenvalue weighted by molar-refractivity contribution is 6.00. The second-order valence-corrected chi connectivity index (χ2v) is 8.59. The van der Waals surface area contributed by atoms with Crippen LogP contribution in [0.3, 0.4) is 0 Å². The Labute approximate surface area is 194 Å². The molecule has 5 rings (SSSR count). The number of nitrogens with one attached hydrogen (secondary N) is 1. The molecule has 2 unspecified atom stereocenters. The molecular formula is C24H25F2N7O. The molecule has 0 amide bonds. The van der Waals surface area contributed by atoms with Crippen molar-refractivity contribution in [3.8, 4) is 11.3 Å². The number of halogens is 2. The van der Waals surface area contributed by atoms with Gasteiger partial charge >= 0.3 is 0 Å². The Morgan fingerprint density at radius 1 is 1.35 bits per heavy atom. The Bertz CT molecular complexity index is 1480. The second-order valence-electron chi connectivity index (χ2n) is 8.59. The average molecular weight is 466 g/mol. The van der Waals surface area contributed by atoms with Gasteiger partial charge in [-0.15, -0.1) is 0 Å². The lowest BCUT2D eigenvalue weighted by molar-refractivity contribution is 0.160. The summed E-state index contributed by atoms with van der Waals surface area (Å²) in [6.45, 7) is 7.10. The van der Waals surface area contributed by atoms with Gasteiger partial charge < -0.3 is 11.1 Å². The molecule has 8 nitrogen and oxygen atoms in total. The van der Waals surface area contributed by atoms with Gasteiger partial charge in [0.05, 0.1) is 5.39 Å². The van der Waals surface area contributed by atoms with Crippen molar-refractivity contribution in [2.75, 3.05) is 18.8 Å². The van der Waals surface area contributed by atoms with Crippen LogP contribution in [0.15, 0.2) is 42.1 Å². The maximum Gasteiger partial charge on any atom is 0.262 e. The van der Waals surface area contributed by atoms with Crippen molar-refractivity contribution in [1.29, 1.82) is 0 Å². The van der Waals surface area contributed by atoms with E-state index < -0.39 is 12.0 Å². The molecule has 0 saturated carbocycles. The monoisotopic (exact) mass is 465 g/mol. The summed E-state index contributed by atoms with van der Waals surface area (Å²) in [7, 11) is 0. The van der Waals surface area contributed by atoms with Crippen LogP contribution in [-0.4, -0.2) is 43.6 Å². The van der Waals surface area contributed by atoms with Gasteiger partial charge in [0.2, 0.25) is 0 Å². The molecule has 1 aliphatic heterocycles. The van der Waals surface area contributed by atoms with Crippen LogP contribution in [0.4, 0.5) is 14.6 Å². The van der Waals surface area contributed by atoms with Crippen molar-refractivity contribution in [1.82, 2.24) is 29.6 Å². The predicted octanol–water partition coefficient (Wildman–Crippen LogP) is 3.36. The van der Waals surface area contributed by atoms with E-state index in [1.807, 2.05) is 6.92 Å². The minimum atomic E-state index is -1.03. The average Bonchev–Trinajstić information content (AvgIpc) is 3.19. The van der Waals surface area contributed by atoms with Gasteiger partial charge in [-0.25, -0.2) is 23.4 Å². The molecule has 1 aromatic carbocycles. The van der Waals surface area contributed by atoms with E-state index in [1.165, 1.54) is 23.0 Å². The number of nitrogen functional groups attached to an aromatic ring is 1. The van der Waals surface area contributed by atoms with E-state index in [0.29, 0.717) is 46.9 Å². The largest absolute Gasteiger partial charge is 0.383 e. The quantitative estimate of drug-likeness (QED) is 0.469. The fourth-order valence-corrected chi connectivity index (χ4v) is 4.51. The molecule has 3 N–H and O–H groups in total. The minimum Gasteiger partial charge on any atom is -0.383 e. The smallest absolute Gasteiger partial charge is 0.262 e. The third-order valence-corrected chi connectivity index (χ3v) is 6.50. The highest BCUT2D eigenvalue weighted by Gasteiger charge is 2.28. The fourth-order valence-electron chi connectivity index (χ4n) is 4.51. The summed E-state index contributed by atoms with van der Waals surface area (Å²) in [5.41, 5.74) is 7.22. The molecule has 10 heteroatoms. The first-order valence-electron chi connectivity index (χ1n) is 11.2. The zero-order valence-corrected chi connectivity index (χ0v) is 18.8. The van der Waals surface area contributed by atoms with E-state index in [9.17, 15) is 9.18 Å². The lowest BCUT2D eigenvalue weighted by Crippen LogP contribution is -2.39. The van der Waals surface area contributed by atoms with Gasteiger partial charge in [0.1, 0.15) is 29.8 Å². The fraction of sp³-hybridized carbons (Fsp3) is 0.333. The first kappa shape index (κ1) is 22.1. The normalized spacial score (nSPS) is 18.6. The summed E-state index contributed by atoms with van der Waals surface area (Å²) < 4.78 is 32.8. The highest BCUT2D eigenvalue weighted by atomic mass is 19.1. The van der Waals surface area contributed by atoms with E-state index in [-0.39, 0.29) is 41.6 Å². The lowest BCUT2D eigenvalue weighted by atomic mass is 9.96. The first-order chi connectivity index (χ1) is 16.4. The molecule has 4 aromatic rings. The number of aromatic nitrogens is 5. The van der Waals surface area contributed by atoms with Gasteiger partial charge in [-0.3, -0.25) is 9.36 Å². The summed E-state index contributed by atoms with van der Waals surface area (Å²) in [5.74, 6) is -0.682. The molecule has 4 heterocycles. The van der Waals surface area contributed by atoms with Gasteiger partial charge in [0, 0.05) is 41.9 Å². The summed E-state index contributed by atoms with van der Waals surface area (Å²) >= 11 is 0. The van der Waals surface area contributed by atoms with Crippen LogP contribution in [0.2, 0.25) is 0 Å². The summed E-state index contributed by atoms with van der Waals surface area (Å²) in [5, 5.41) is 8.81. The number of piperidine rings is 1. The van der Waals surface area contributed by atoms with Crippen molar-refractivity contribution in [3.63, 3.8) is 0 Å². The van der Waals surface area contributed by atoms with Crippen LogP contribution in [0.25, 0.3) is 38.8 Å². The van der Waals surface area contributed by atoms with Crippen molar-refractivity contribution in [2.45, 2.75) is 32.5 Å². The van der Waals surface area contributed by atoms with Crippen LogP contribution < -0.4 is 16.6 Å². The Hall–Kier alpha value is -3.66. The standard InChI is InChI=1S/C24H25F2N7O/c1-3-13(2)32-7-5-14-8-18(25)17(9-16(14)24(32)34)21-20-22(27)29-12-30-23(20)33(31-21)11-15-4-6-28-10-19(15)26/h5,7-9,12,15,19,28H,2-4,6,10-11H2,1H3,(H2,27,29,30). The van der Waals surface area contributed by atoms with Crippen molar-refractivity contribution < 1.29 is 8.78 Å². The first-order valence-corrected chi connectivity index (χ1v) is 11.2. The Kier molecular flexibility index (Phi) is 5.60. The zero-order valence-electron chi connectivity index (χ0n) is 18.8. The molecular weight excluding hydrogens is 440 g/mol. The third kappa shape index (κ3) is 3.63. The number of fused-ring (bicyclic) bond motifs is 2. The molecule has 0 radical (unpaired) electrons. The van der Waals surface area contributed by atoms with Gasteiger partial charge in [-0.1, -0.05) is 13.5 Å². The summed E-state index contributed by atoms with van der Waals surface area (Å²) in [6, 6.07) is 4.46. The van der Waals surface area contributed by atoms with Gasteiger partial charge in [0.15, 0.2) is 5.65 Å². The molecule has 1 fully saturated rings. The number of alkyl halides is 1. The Morgan fingerprint density at radius 2 is 2.18 bits per heavy atom. The number of allylic oxidation sites excluding steroid dienone is 1. The van der Waals surface area contributed by atoms with Crippen molar-refractivity contribution in [3.05, 3.63) is 53.5 Å². The number of benzene rings is 1. The number of nitrogens with two attached hydrogens (primary N) is 1. The topological polar surface area (TPSA) is 104 Å². The van der Waals surface area contributed by atoms with E-state index in [1.54, 1.807) is 16.9 Å². The number of pyridine rings is 1. The maximum absolute atomic E-state index is 15.3. The third-order valence-electron chi connectivity index (χ3n) is 6.50. The van der Waals surface area contributed by atoms with E-state index in [4.69, 9.17) is 5.73 Å². The van der Waals surface area contributed by atoms with Gasteiger partial charge in [-0.2, -0.15) is 5.10 Å². The van der Waals surface area contributed by atoms with Crippen LogP contribution in [0.1, 0.15) is 19.8 Å². The SMILES string of the molecule is C=C(CC)n1ccc2cc(F)c(-c3nn(CC4CCNCC4F)c4ncnc(N)c34)cc2c1=O. The predicted molar refractivity (Wildman–Crippen MR) is 128 cm³/mol. The van der Waals surface area contributed by atoms with Crippen LogP contribution >= 0.6 is 0 Å². The lowest BCUT2D eigenvalue weighted by Gasteiger charge is -2.26. The van der Waals surface area contributed by atoms with Crippen LogP contribution in [0, 0.1) is 11.7 Å². The minimum absolute atomic E-state index is 0.108. The van der Waals surface area contributed by atoms with E-state index in [2.05, 4.69) is 27.0 Å². The number of anilines is 1. The molecule has 3 aromatic heterocycles. The van der Waals surface area contributed by atoms with Gasteiger partial charge in [-0.05, 0) is 43.0 Å². The number of nitrogens with zero attached hydrogens (tertiary/aromatic N) is 5. The molecule has 176 valence electrons. The molecule has 0 bridgehead atoms. The van der Waals surface area contributed by atoms with Crippen molar-refractivity contribution >= 4 is 33.3 Å². The molecule has 34 heavy (non-hydrogen) atoms. The number of hydrogen-bond donors (Lipinski definition) is 2. The van der Waals surface area contributed by atoms with Crippen molar-refractivity contribution in [2.24, 2.45) is 5.92 Å². The van der Waals surface area contributed by atoms with Gasteiger partial charge in [0.25, 0.3) is 5.56 Å². The summed E-state index contributed by atoms with van der Waals surface area (Å²) in [6.07, 6.45) is 3.11. The maximum atomic E-state index is 15.3. The molecule has 2 atom stereocenters. The molecule has 0 aliphatic carbocycles. The summed E-state index contributed by atoms with van der Waals surface area (Å²) in [4.78, 5) is 21.5. The number of hydrogen-bond acceptors (Lipinski definition) is 6. The zero-order chi connectivity index (χ0) is 24.0. The van der Waals surface area contributed by atoms with Crippen LogP contribution in [0.5, 0.6) is 0 Å². The molecule has 1 saturated heterocycles. The van der Waals surface area contributed by atoms with E-state index >= 15 is 4.39 Å². The number of rotatable bonds is 5.